The molecule has 7 aromatic carbocycles. The Balaban J connectivity index is 1.30. The quantitative estimate of drug-likeness (QED) is 0.220. The lowest BCUT2D eigenvalue weighted by Gasteiger charge is -2.13. The summed E-state index contributed by atoms with van der Waals surface area (Å²) >= 11 is 0. The van der Waals surface area contributed by atoms with Gasteiger partial charge in [0.1, 0.15) is 0 Å². The fourth-order valence-electron chi connectivity index (χ4n) is 6.21. The number of rotatable bonds is 2. The van der Waals surface area contributed by atoms with Crippen LogP contribution in [0.5, 0.6) is 0 Å². The maximum absolute atomic E-state index is 9.45. The standard InChI is InChI=1S/C37H22N2/c38-23-24-13-20-37-35(21-24)33-11-5-6-12-36(33)39(37)27-17-14-25(15-18-27)26-16-19-32-30-9-2-1-7-28(30)29-8-3-4-10-31(29)34(32)22-26/h1-22H. The summed E-state index contributed by atoms with van der Waals surface area (Å²) in [6.45, 7) is 0. The Morgan fingerprint density at radius 2 is 0.949 bits per heavy atom. The molecular formula is C37H22N2. The van der Waals surface area contributed by atoms with E-state index in [2.05, 4.69) is 132 Å². The zero-order valence-corrected chi connectivity index (χ0v) is 21.1. The molecule has 0 bridgehead atoms. The van der Waals surface area contributed by atoms with Crippen molar-refractivity contribution >= 4 is 54.1 Å². The van der Waals surface area contributed by atoms with Gasteiger partial charge < -0.3 is 4.57 Å². The van der Waals surface area contributed by atoms with Gasteiger partial charge in [-0.05, 0) is 85.9 Å². The molecule has 0 saturated carbocycles. The molecule has 0 aliphatic rings. The molecule has 0 fully saturated rings. The highest BCUT2D eigenvalue weighted by molar-refractivity contribution is 6.25. The van der Waals surface area contributed by atoms with Gasteiger partial charge in [-0.1, -0.05) is 91.0 Å². The molecule has 39 heavy (non-hydrogen) atoms. The number of aromatic nitrogens is 1. The summed E-state index contributed by atoms with van der Waals surface area (Å²) in [6.07, 6.45) is 0. The van der Waals surface area contributed by atoms with Crippen molar-refractivity contribution in [1.82, 2.24) is 4.57 Å². The molecule has 0 unspecified atom stereocenters. The van der Waals surface area contributed by atoms with Gasteiger partial charge >= 0.3 is 0 Å². The van der Waals surface area contributed by atoms with Crippen molar-refractivity contribution in [3.63, 3.8) is 0 Å². The molecule has 8 rings (SSSR count). The molecule has 0 radical (unpaired) electrons. The summed E-state index contributed by atoms with van der Waals surface area (Å²) in [4.78, 5) is 0. The van der Waals surface area contributed by atoms with E-state index in [1.54, 1.807) is 0 Å². The van der Waals surface area contributed by atoms with Crippen LogP contribution in [-0.4, -0.2) is 4.57 Å². The van der Waals surface area contributed by atoms with Crippen LogP contribution in [0.15, 0.2) is 133 Å². The van der Waals surface area contributed by atoms with Crippen molar-refractivity contribution in [2.75, 3.05) is 0 Å². The summed E-state index contributed by atoms with van der Waals surface area (Å²) < 4.78 is 2.29. The molecule has 0 aliphatic carbocycles. The minimum absolute atomic E-state index is 0.678. The van der Waals surface area contributed by atoms with Crippen LogP contribution >= 0.6 is 0 Å². The van der Waals surface area contributed by atoms with E-state index in [9.17, 15) is 5.26 Å². The van der Waals surface area contributed by atoms with Gasteiger partial charge in [-0.2, -0.15) is 5.26 Å². The molecule has 0 saturated heterocycles. The van der Waals surface area contributed by atoms with E-state index < -0.39 is 0 Å². The van der Waals surface area contributed by atoms with Gasteiger partial charge in [-0.25, -0.2) is 0 Å². The number of fused-ring (bicyclic) bond motifs is 9. The highest BCUT2D eigenvalue weighted by atomic mass is 15.0. The Hall–Kier alpha value is -5.39. The molecular weight excluding hydrogens is 472 g/mol. The van der Waals surface area contributed by atoms with Gasteiger partial charge in [0.25, 0.3) is 0 Å². The SMILES string of the molecule is N#Cc1ccc2c(c1)c1ccccc1n2-c1ccc(-c2ccc3c4ccccc4c4ccccc4c3c2)cc1. The van der Waals surface area contributed by atoms with Gasteiger partial charge in [-0.3, -0.25) is 0 Å². The van der Waals surface area contributed by atoms with Crippen LogP contribution in [0.25, 0.3) is 70.9 Å². The fourth-order valence-corrected chi connectivity index (χ4v) is 6.21. The third kappa shape index (κ3) is 3.21. The Bertz CT molecular complexity index is 2240. The zero-order valence-electron chi connectivity index (χ0n) is 21.1. The monoisotopic (exact) mass is 494 g/mol. The van der Waals surface area contributed by atoms with Gasteiger partial charge in [0, 0.05) is 16.5 Å². The second-order valence-electron chi connectivity index (χ2n) is 10.1. The number of para-hydroxylation sites is 1. The van der Waals surface area contributed by atoms with Gasteiger partial charge in [-0.15, -0.1) is 0 Å². The van der Waals surface area contributed by atoms with E-state index in [0.29, 0.717) is 5.56 Å². The van der Waals surface area contributed by atoms with Gasteiger partial charge in [0.2, 0.25) is 0 Å². The van der Waals surface area contributed by atoms with Crippen molar-refractivity contribution in [2.24, 2.45) is 0 Å². The maximum Gasteiger partial charge on any atom is 0.0991 e. The Labute approximate surface area is 225 Å². The van der Waals surface area contributed by atoms with Crippen LogP contribution in [0, 0.1) is 11.3 Å². The molecule has 2 heteroatoms. The Kier molecular flexibility index (Phi) is 4.62. The van der Waals surface area contributed by atoms with Crippen molar-refractivity contribution in [3.8, 4) is 22.9 Å². The largest absolute Gasteiger partial charge is 0.309 e. The number of nitriles is 1. The molecule has 8 aromatic rings. The normalized spacial score (nSPS) is 11.6. The first-order chi connectivity index (χ1) is 19.3. The number of nitrogens with zero attached hydrogens (tertiary/aromatic N) is 2. The predicted molar refractivity (Wildman–Crippen MR) is 163 cm³/mol. The number of benzene rings is 7. The van der Waals surface area contributed by atoms with Crippen molar-refractivity contribution in [2.45, 2.75) is 0 Å². The average molecular weight is 495 g/mol. The second kappa shape index (κ2) is 8.31. The van der Waals surface area contributed by atoms with E-state index in [1.807, 2.05) is 12.1 Å². The van der Waals surface area contributed by atoms with Crippen LogP contribution in [0.1, 0.15) is 5.56 Å². The smallest absolute Gasteiger partial charge is 0.0991 e. The third-order valence-electron chi connectivity index (χ3n) is 8.00. The van der Waals surface area contributed by atoms with Gasteiger partial charge in [0.15, 0.2) is 0 Å². The third-order valence-corrected chi connectivity index (χ3v) is 8.00. The highest BCUT2D eigenvalue weighted by Gasteiger charge is 2.13. The van der Waals surface area contributed by atoms with Crippen molar-refractivity contribution < 1.29 is 0 Å². The first-order valence-electron chi connectivity index (χ1n) is 13.2. The topological polar surface area (TPSA) is 28.7 Å². The lowest BCUT2D eigenvalue weighted by atomic mass is 9.92. The molecule has 0 atom stereocenters. The lowest BCUT2D eigenvalue weighted by Crippen LogP contribution is -1.93. The Morgan fingerprint density at radius 1 is 0.410 bits per heavy atom. The summed E-state index contributed by atoms with van der Waals surface area (Å²) in [5, 5.41) is 19.4. The zero-order chi connectivity index (χ0) is 25.9. The summed E-state index contributed by atoms with van der Waals surface area (Å²) in [7, 11) is 0. The average Bonchev–Trinajstić information content (AvgIpc) is 3.34. The lowest BCUT2D eigenvalue weighted by molar-refractivity contribution is 1.18. The molecule has 0 spiro atoms. The molecule has 0 N–H and O–H groups in total. The first kappa shape index (κ1) is 21.7. The summed E-state index contributed by atoms with van der Waals surface area (Å²) in [5.74, 6) is 0. The van der Waals surface area contributed by atoms with E-state index in [4.69, 9.17) is 0 Å². The van der Waals surface area contributed by atoms with Gasteiger partial charge in [0.05, 0.1) is 22.7 Å². The second-order valence-corrected chi connectivity index (χ2v) is 10.1. The number of hydrogen-bond acceptors (Lipinski definition) is 1. The van der Waals surface area contributed by atoms with Crippen molar-refractivity contribution in [3.05, 3.63) is 139 Å². The van der Waals surface area contributed by atoms with Crippen LogP contribution in [-0.2, 0) is 0 Å². The van der Waals surface area contributed by atoms with E-state index in [1.165, 1.54) is 43.4 Å². The van der Waals surface area contributed by atoms with E-state index in [0.717, 1.165) is 27.5 Å². The predicted octanol–water partition coefficient (Wildman–Crippen LogP) is 9.78. The first-order valence-corrected chi connectivity index (χ1v) is 13.2. The van der Waals surface area contributed by atoms with E-state index in [-0.39, 0.29) is 0 Å². The molecule has 2 nitrogen and oxygen atoms in total. The summed E-state index contributed by atoms with van der Waals surface area (Å²) in [5.41, 5.74) is 6.41. The van der Waals surface area contributed by atoms with E-state index >= 15 is 0 Å². The minimum Gasteiger partial charge on any atom is -0.309 e. The minimum atomic E-state index is 0.678. The van der Waals surface area contributed by atoms with Crippen LogP contribution in [0.3, 0.4) is 0 Å². The molecule has 1 aromatic heterocycles. The molecule has 0 amide bonds. The molecule has 1 heterocycles. The molecule has 180 valence electrons. The van der Waals surface area contributed by atoms with Crippen molar-refractivity contribution in [1.29, 1.82) is 5.26 Å². The fraction of sp³-hybridized carbons (Fsp3) is 0. The highest BCUT2D eigenvalue weighted by Crippen LogP contribution is 2.38. The van der Waals surface area contributed by atoms with Crippen LogP contribution in [0.2, 0.25) is 0 Å². The van der Waals surface area contributed by atoms with Crippen LogP contribution in [0.4, 0.5) is 0 Å². The molecule has 0 aliphatic heterocycles. The number of hydrogen-bond donors (Lipinski definition) is 0. The Morgan fingerprint density at radius 3 is 1.62 bits per heavy atom. The van der Waals surface area contributed by atoms with Crippen LogP contribution < -0.4 is 0 Å². The summed E-state index contributed by atoms with van der Waals surface area (Å²) in [6, 6.07) is 49.7. The maximum atomic E-state index is 9.45.